The highest BCUT2D eigenvalue weighted by Crippen LogP contribution is 2.37. The number of anilines is 2. The van der Waals surface area contributed by atoms with Crippen LogP contribution in [-0.4, -0.2) is 61.8 Å². The fourth-order valence-corrected chi connectivity index (χ4v) is 5.84. The SMILES string of the molecule is Cc1nc(N2CCOCC2)sc1CN1CCCCCOc2ccccc2Oc2ccc(Cl)cc2NC(=O)C1. The third kappa shape index (κ3) is 6.96. The molecule has 8 nitrogen and oxygen atoms in total. The van der Waals surface area contributed by atoms with Crippen LogP contribution in [-0.2, 0) is 16.1 Å². The average molecular weight is 557 g/mol. The average Bonchev–Trinajstić information content (AvgIpc) is 3.28. The number of hydrogen-bond donors (Lipinski definition) is 1. The summed E-state index contributed by atoms with van der Waals surface area (Å²) in [6, 6.07) is 12.8. The van der Waals surface area contributed by atoms with Crippen molar-refractivity contribution in [3.63, 3.8) is 0 Å². The normalized spacial score (nSPS) is 17.7. The van der Waals surface area contributed by atoms with Gasteiger partial charge in [0.15, 0.2) is 22.4 Å². The van der Waals surface area contributed by atoms with Crippen molar-refractivity contribution in [1.29, 1.82) is 0 Å². The van der Waals surface area contributed by atoms with Crippen molar-refractivity contribution in [3.8, 4) is 17.2 Å². The summed E-state index contributed by atoms with van der Waals surface area (Å²) >= 11 is 7.99. The third-order valence-electron chi connectivity index (χ3n) is 6.56. The van der Waals surface area contributed by atoms with E-state index in [0.29, 0.717) is 41.1 Å². The van der Waals surface area contributed by atoms with Crippen LogP contribution in [0.25, 0.3) is 0 Å². The van der Waals surface area contributed by atoms with Crippen molar-refractivity contribution < 1.29 is 19.0 Å². The zero-order valence-corrected chi connectivity index (χ0v) is 23.2. The Labute approximate surface area is 232 Å². The fourth-order valence-electron chi connectivity index (χ4n) is 4.52. The summed E-state index contributed by atoms with van der Waals surface area (Å²) in [7, 11) is 0. The Morgan fingerprint density at radius 1 is 1.00 bits per heavy atom. The minimum absolute atomic E-state index is 0.118. The number of morpholine rings is 1. The molecule has 1 saturated heterocycles. The number of amides is 1. The summed E-state index contributed by atoms with van der Waals surface area (Å²) < 4.78 is 17.7. The van der Waals surface area contributed by atoms with Crippen LogP contribution < -0.4 is 19.7 Å². The predicted molar refractivity (Wildman–Crippen MR) is 151 cm³/mol. The van der Waals surface area contributed by atoms with Gasteiger partial charge in [0.2, 0.25) is 5.91 Å². The van der Waals surface area contributed by atoms with Gasteiger partial charge in [-0.25, -0.2) is 4.98 Å². The van der Waals surface area contributed by atoms with Crippen LogP contribution in [0.2, 0.25) is 5.02 Å². The largest absolute Gasteiger partial charge is 0.490 e. The van der Waals surface area contributed by atoms with Crippen molar-refractivity contribution >= 4 is 39.7 Å². The molecule has 0 aliphatic carbocycles. The summed E-state index contributed by atoms with van der Waals surface area (Å²) in [6.07, 6.45) is 2.88. The van der Waals surface area contributed by atoms with E-state index in [-0.39, 0.29) is 12.5 Å². The van der Waals surface area contributed by atoms with Gasteiger partial charge in [0.1, 0.15) is 0 Å². The summed E-state index contributed by atoms with van der Waals surface area (Å²) in [5, 5.41) is 4.57. The molecule has 202 valence electrons. The maximum atomic E-state index is 13.3. The molecule has 2 aliphatic heterocycles. The number of nitrogens with one attached hydrogen (secondary N) is 1. The molecule has 1 N–H and O–H groups in total. The number of thiazole rings is 1. The van der Waals surface area contributed by atoms with Gasteiger partial charge in [0.25, 0.3) is 0 Å². The summed E-state index contributed by atoms with van der Waals surface area (Å²) in [5.74, 6) is 1.66. The lowest BCUT2D eigenvalue weighted by Gasteiger charge is -2.26. The van der Waals surface area contributed by atoms with Crippen molar-refractivity contribution in [1.82, 2.24) is 9.88 Å². The molecule has 3 heterocycles. The van der Waals surface area contributed by atoms with Crippen LogP contribution in [0.15, 0.2) is 42.5 Å². The number of hydrogen-bond acceptors (Lipinski definition) is 8. The number of aryl methyl sites for hydroxylation is 1. The number of carbonyl (C=O) groups excluding carboxylic acids is 1. The minimum Gasteiger partial charge on any atom is -0.490 e. The number of ether oxygens (including phenoxy) is 3. The summed E-state index contributed by atoms with van der Waals surface area (Å²) in [5.41, 5.74) is 1.54. The van der Waals surface area contributed by atoms with E-state index >= 15 is 0 Å². The third-order valence-corrected chi connectivity index (χ3v) is 8.00. The fraction of sp³-hybridized carbons (Fsp3) is 0.429. The second-order valence-corrected chi connectivity index (χ2v) is 11.0. The Hall–Kier alpha value is -2.85. The lowest BCUT2D eigenvalue weighted by molar-refractivity contribution is -0.117. The minimum atomic E-state index is -0.118. The van der Waals surface area contributed by atoms with Gasteiger partial charge in [-0.15, -0.1) is 11.3 Å². The van der Waals surface area contributed by atoms with Crippen LogP contribution in [0.5, 0.6) is 17.2 Å². The zero-order valence-electron chi connectivity index (χ0n) is 21.6. The Morgan fingerprint density at radius 2 is 1.82 bits per heavy atom. The molecule has 2 aliphatic rings. The highest BCUT2D eigenvalue weighted by molar-refractivity contribution is 7.15. The van der Waals surface area contributed by atoms with Gasteiger partial charge in [-0.2, -0.15) is 0 Å². The number of carbonyl (C=O) groups is 1. The molecule has 38 heavy (non-hydrogen) atoms. The molecule has 1 fully saturated rings. The Balaban J connectivity index is 1.35. The lowest BCUT2D eigenvalue weighted by Crippen LogP contribution is -2.36. The number of rotatable bonds is 3. The highest BCUT2D eigenvalue weighted by Gasteiger charge is 2.21. The first kappa shape index (κ1) is 26.7. The summed E-state index contributed by atoms with van der Waals surface area (Å²) in [4.78, 5) is 23.8. The smallest absolute Gasteiger partial charge is 0.238 e. The van der Waals surface area contributed by atoms with Crippen LogP contribution in [0.1, 0.15) is 29.8 Å². The number of aromatic nitrogens is 1. The van der Waals surface area contributed by atoms with Crippen LogP contribution in [0.3, 0.4) is 0 Å². The van der Waals surface area contributed by atoms with E-state index in [1.165, 1.54) is 4.88 Å². The van der Waals surface area contributed by atoms with Gasteiger partial charge in [-0.1, -0.05) is 23.7 Å². The van der Waals surface area contributed by atoms with Crippen molar-refractivity contribution in [3.05, 3.63) is 58.1 Å². The van der Waals surface area contributed by atoms with Crippen LogP contribution >= 0.6 is 22.9 Å². The molecule has 3 aromatic rings. The second-order valence-electron chi connectivity index (χ2n) is 9.46. The van der Waals surface area contributed by atoms with Crippen LogP contribution in [0.4, 0.5) is 10.8 Å². The molecule has 1 amide bonds. The maximum Gasteiger partial charge on any atom is 0.238 e. The van der Waals surface area contributed by atoms with Gasteiger partial charge >= 0.3 is 0 Å². The van der Waals surface area contributed by atoms with Gasteiger partial charge < -0.3 is 24.4 Å². The molecule has 0 radical (unpaired) electrons. The molecule has 0 bridgehead atoms. The number of halogens is 1. The van der Waals surface area contributed by atoms with Crippen LogP contribution in [0, 0.1) is 6.92 Å². The molecule has 10 heteroatoms. The topological polar surface area (TPSA) is 76.2 Å². The molecule has 2 aromatic carbocycles. The Bertz CT molecular complexity index is 1250. The zero-order chi connectivity index (χ0) is 26.3. The second kappa shape index (κ2) is 12.8. The van der Waals surface area contributed by atoms with Crippen molar-refractivity contribution in [2.45, 2.75) is 32.7 Å². The maximum absolute atomic E-state index is 13.3. The van der Waals surface area contributed by atoms with E-state index in [4.69, 9.17) is 30.8 Å². The molecule has 0 spiro atoms. The van der Waals surface area contributed by atoms with E-state index in [1.54, 1.807) is 29.5 Å². The Kier molecular flexibility index (Phi) is 9.01. The first-order chi connectivity index (χ1) is 18.5. The molecule has 0 saturated carbocycles. The van der Waals surface area contributed by atoms with E-state index < -0.39 is 0 Å². The monoisotopic (exact) mass is 556 g/mol. The molecular weight excluding hydrogens is 524 g/mol. The summed E-state index contributed by atoms with van der Waals surface area (Å²) in [6.45, 7) is 7.53. The van der Waals surface area contributed by atoms with E-state index in [9.17, 15) is 4.79 Å². The van der Waals surface area contributed by atoms with E-state index in [2.05, 4.69) is 15.1 Å². The van der Waals surface area contributed by atoms with Gasteiger partial charge in [0.05, 0.1) is 37.7 Å². The number of nitrogens with zero attached hydrogens (tertiary/aromatic N) is 3. The van der Waals surface area contributed by atoms with Crippen molar-refractivity contribution in [2.24, 2.45) is 0 Å². The van der Waals surface area contributed by atoms with Crippen molar-refractivity contribution in [2.75, 3.05) is 56.2 Å². The van der Waals surface area contributed by atoms with E-state index in [1.807, 2.05) is 31.2 Å². The van der Waals surface area contributed by atoms with E-state index in [0.717, 1.165) is 62.9 Å². The van der Waals surface area contributed by atoms with Gasteiger partial charge in [-0.3, -0.25) is 9.69 Å². The first-order valence-electron chi connectivity index (χ1n) is 13.1. The number of fused-ring (bicyclic) bond motifs is 2. The molecule has 1 aromatic heterocycles. The van der Waals surface area contributed by atoms with Gasteiger partial charge in [0, 0.05) is 29.5 Å². The quantitative estimate of drug-likeness (QED) is 0.441. The lowest BCUT2D eigenvalue weighted by atomic mass is 10.2. The number of benzene rings is 2. The van der Waals surface area contributed by atoms with Gasteiger partial charge in [-0.05, 0) is 63.1 Å². The molecular formula is C28H33ClN4O4S. The Morgan fingerprint density at radius 3 is 2.66 bits per heavy atom. The molecule has 5 rings (SSSR count). The number of para-hydroxylation sites is 2. The first-order valence-corrected chi connectivity index (χ1v) is 14.2. The highest BCUT2D eigenvalue weighted by atomic mass is 35.5. The standard InChI is InChI=1S/C28H33ClN4O4S/c1-20-26(38-28(30-20)33-12-15-35-16-13-33)18-32-11-5-2-6-14-36-24-7-3-4-8-25(24)37-23-10-9-21(29)17-22(23)31-27(34)19-32/h3-4,7-10,17H,2,5-6,11-16,18-19H2,1H3,(H,31,34). The molecule has 0 atom stereocenters. The predicted octanol–water partition coefficient (Wildman–Crippen LogP) is 5.74. The molecule has 0 unspecified atom stereocenters.